The Hall–Kier alpha value is -0.670. The van der Waals surface area contributed by atoms with Gasteiger partial charge in [-0.3, -0.25) is 0 Å². The van der Waals surface area contributed by atoms with Gasteiger partial charge in [-0.1, -0.05) is 28.9 Å². The molecule has 0 amide bonds. The van der Waals surface area contributed by atoms with Crippen LogP contribution in [0.15, 0.2) is 22.7 Å². The largest absolute Gasteiger partial charge is 0.326 e. The Labute approximate surface area is 86.3 Å². The highest BCUT2D eigenvalue weighted by Crippen LogP contribution is 2.22. The van der Waals surface area contributed by atoms with Crippen LogP contribution in [0.25, 0.3) is 0 Å². The monoisotopic (exact) mass is 241 g/mol. The van der Waals surface area contributed by atoms with Gasteiger partial charge in [0.25, 0.3) is 0 Å². The molecule has 70 valence electrons. The van der Waals surface area contributed by atoms with Crippen molar-refractivity contribution >= 4 is 22.2 Å². The highest BCUT2D eigenvalue weighted by atomic mass is 79.9. The number of carbonyl (C=O) groups excluding carboxylic acids is 1. The molecule has 1 atom stereocenters. The zero-order chi connectivity index (χ0) is 9.84. The fourth-order valence-electron chi connectivity index (χ4n) is 1.25. The first-order chi connectivity index (χ1) is 6.19. The van der Waals surface area contributed by atoms with Crippen LogP contribution in [0.5, 0.6) is 0 Å². The number of halogens is 1. The minimum atomic E-state index is -0.0870. The van der Waals surface area contributed by atoms with Crippen molar-refractivity contribution in [1.29, 1.82) is 0 Å². The number of aldehydes is 1. The van der Waals surface area contributed by atoms with E-state index in [0.717, 1.165) is 21.9 Å². The lowest BCUT2D eigenvalue weighted by molar-refractivity contribution is -0.108. The summed E-state index contributed by atoms with van der Waals surface area (Å²) in [6, 6.07) is 5.82. The minimum Gasteiger partial charge on any atom is -0.326 e. The molecule has 0 heterocycles. The van der Waals surface area contributed by atoms with E-state index in [2.05, 4.69) is 15.9 Å². The molecule has 1 aromatic carbocycles. The van der Waals surface area contributed by atoms with Gasteiger partial charge in [0.15, 0.2) is 0 Å². The molecule has 1 rings (SSSR count). The highest BCUT2D eigenvalue weighted by molar-refractivity contribution is 9.10. The third-order valence-corrected chi connectivity index (χ3v) is 2.52. The summed E-state index contributed by atoms with van der Waals surface area (Å²) in [7, 11) is 0. The number of nitrogens with two attached hydrogens (primary N) is 1. The van der Waals surface area contributed by atoms with E-state index >= 15 is 0 Å². The zero-order valence-corrected chi connectivity index (χ0v) is 9.04. The molecule has 0 spiro atoms. The Morgan fingerprint density at radius 2 is 2.31 bits per heavy atom. The molecule has 0 aliphatic carbocycles. The lowest BCUT2D eigenvalue weighted by atomic mass is 9.97. The molecule has 0 saturated heterocycles. The van der Waals surface area contributed by atoms with Crippen LogP contribution >= 0.6 is 15.9 Å². The Bertz CT molecular complexity index is 312. The van der Waals surface area contributed by atoms with Crippen LogP contribution < -0.4 is 5.73 Å². The van der Waals surface area contributed by atoms with Gasteiger partial charge in [0, 0.05) is 16.9 Å². The van der Waals surface area contributed by atoms with Gasteiger partial charge in [0.1, 0.15) is 6.29 Å². The number of hydrogen-bond acceptors (Lipinski definition) is 2. The first-order valence-corrected chi connectivity index (χ1v) is 4.92. The van der Waals surface area contributed by atoms with E-state index in [1.807, 2.05) is 25.1 Å². The molecule has 0 saturated carbocycles. The van der Waals surface area contributed by atoms with E-state index in [-0.39, 0.29) is 5.92 Å². The summed E-state index contributed by atoms with van der Waals surface area (Å²) in [6.07, 6.45) is 0.931. The Kier molecular flexibility index (Phi) is 3.63. The van der Waals surface area contributed by atoms with Crippen molar-refractivity contribution in [1.82, 2.24) is 0 Å². The minimum absolute atomic E-state index is 0.0870. The molecule has 2 N–H and O–H groups in total. The fraction of sp³-hybridized carbons (Fsp3) is 0.300. The average molecular weight is 242 g/mol. The molecule has 2 nitrogen and oxygen atoms in total. The summed E-state index contributed by atoms with van der Waals surface area (Å²) in [5.41, 5.74) is 7.60. The lowest BCUT2D eigenvalue weighted by Gasteiger charge is -2.10. The molecule has 0 bridgehead atoms. The second-order valence-corrected chi connectivity index (χ2v) is 3.89. The second-order valence-electron chi connectivity index (χ2n) is 2.97. The summed E-state index contributed by atoms with van der Waals surface area (Å²) in [5, 5.41) is 0. The van der Waals surface area contributed by atoms with Crippen LogP contribution in [0.4, 0.5) is 0 Å². The number of carbonyl (C=O) groups is 1. The zero-order valence-electron chi connectivity index (χ0n) is 7.46. The van der Waals surface area contributed by atoms with E-state index in [1.54, 1.807) is 0 Å². The molecule has 1 aromatic rings. The van der Waals surface area contributed by atoms with Crippen LogP contribution in [0, 0.1) is 0 Å². The van der Waals surface area contributed by atoms with Gasteiger partial charge in [-0.15, -0.1) is 0 Å². The predicted octanol–water partition coefficient (Wildman–Crippen LogP) is 2.21. The topological polar surface area (TPSA) is 43.1 Å². The molecule has 0 fully saturated rings. The Morgan fingerprint density at radius 3 is 2.85 bits per heavy atom. The SMILES string of the molecule is CC(C=O)c1cc(Br)ccc1CN. The molecule has 3 heteroatoms. The third-order valence-electron chi connectivity index (χ3n) is 2.02. The molecule has 0 aliphatic heterocycles. The molecule has 0 aromatic heterocycles. The van der Waals surface area contributed by atoms with Crippen molar-refractivity contribution in [2.75, 3.05) is 0 Å². The van der Waals surface area contributed by atoms with Crippen LogP contribution in [-0.4, -0.2) is 6.29 Å². The molecule has 1 unspecified atom stereocenters. The lowest BCUT2D eigenvalue weighted by Crippen LogP contribution is -2.05. The van der Waals surface area contributed by atoms with Gasteiger partial charge in [-0.25, -0.2) is 0 Å². The van der Waals surface area contributed by atoms with Gasteiger partial charge < -0.3 is 10.5 Å². The Morgan fingerprint density at radius 1 is 1.62 bits per heavy atom. The van der Waals surface area contributed by atoms with Crippen molar-refractivity contribution in [3.8, 4) is 0 Å². The summed E-state index contributed by atoms with van der Waals surface area (Å²) in [4.78, 5) is 10.6. The van der Waals surface area contributed by atoms with Gasteiger partial charge in [0.2, 0.25) is 0 Å². The normalized spacial score (nSPS) is 12.5. The summed E-state index contributed by atoms with van der Waals surface area (Å²) < 4.78 is 0.980. The summed E-state index contributed by atoms with van der Waals surface area (Å²) >= 11 is 3.37. The number of benzene rings is 1. The van der Waals surface area contributed by atoms with Crippen molar-refractivity contribution in [3.63, 3.8) is 0 Å². The quantitative estimate of drug-likeness (QED) is 0.825. The molecular formula is C10H12BrNO. The van der Waals surface area contributed by atoms with Crippen molar-refractivity contribution < 1.29 is 4.79 Å². The molecule has 13 heavy (non-hydrogen) atoms. The molecule has 0 aliphatic rings. The van der Waals surface area contributed by atoms with Crippen LogP contribution in [0.3, 0.4) is 0 Å². The fourth-order valence-corrected chi connectivity index (χ4v) is 1.63. The Balaban J connectivity index is 3.14. The number of rotatable bonds is 3. The van der Waals surface area contributed by atoms with Crippen molar-refractivity contribution in [2.24, 2.45) is 5.73 Å². The van der Waals surface area contributed by atoms with E-state index in [1.165, 1.54) is 0 Å². The van der Waals surface area contributed by atoms with Gasteiger partial charge >= 0.3 is 0 Å². The standard InChI is InChI=1S/C10H12BrNO/c1-7(6-13)10-4-9(11)3-2-8(10)5-12/h2-4,6-7H,5,12H2,1H3. The second kappa shape index (κ2) is 4.53. The molecule has 0 radical (unpaired) electrons. The first-order valence-electron chi connectivity index (χ1n) is 4.12. The maximum absolute atomic E-state index is 10.6. The van der Waals surface area contributed by atoms with Gasteiger partial charge in [0.05, 0.1) is 0 Å². The summed E-state index contributed by atoms with van der Waals surface area (Å²) in [6.45, 7) is 2.34. The van der Waals surface area contributed by atoms with Crippen LogP contribution in [0.1, 0.15) is 24.0 Å². The number of hydrogen-bond donors (Lipinski definition) is 1. The third kappa shape index (κ3) is 2.39. The van der Waals surface area contributed by atoms with Crippen molar-refractivity contribution in [3.05, 3.63) is 33.8 Å². The maximum Gasteiger partial charge on any atom is 0.127 e. The maximum atomic E-state index is 10.6. The van der Waals surface area contributed by atoms with Gasteiger partial charge in [-0.2, -0.15) is 0 Å². The van der Waals surface area contributed by atoms with E-state index < -0.39 is 0 Å². The highest BCUT2D eigenvalue weighted by Gasteiger charge is 2.08. The summed E-state index contributed by atoms with van der Waals surface area (Å²) in [5.74, 6) is -0.0870. The van der Waals surface area contributed by atoms with Gasteiger partial charge in [-0.05, 0) is 23.3 Å². The smallest absolute Gasteiger partial charge is 0.127 e. The van der Waals surface area contributed by atoms with Crippen LogP contribution in [0.2, 0.25) is 0 Å². The van der Waals surface area contributed by atoms with E-state index in [4.69, 9.17) is 5.73 Å². The predicted molar refractivity (Wildman–Crippen MR) is 56.5 cm³/mol. The van der Waals surface area contributed by atoms with E-state index in [9.17, 15) is 4.79 Å². The first kappa shape index (κ1) is 10.4. The average Bonchev–Trinajstić information content (AvgIpc) is 2.16. The van der Waals surface area contributed by atoms with Crippen molar-refractivity contribution in [2.45, 2.75) is 19.4 Å². The van der Waals surface area contributed by atoms with E-state index in [0.29, 0.717) is 6.54 Å². The molecular weight excluding hydrogens is 230 g/mol. The van der Waals surface area contributed by atoms with Crippen LogP contribution in [-0.2, 0) is 11.3 Å².